The van der Waals surface area contributed by atoms with Gasteiger partial charge in [0.25, 0.3) is 0 Å². The molecule has 2 N–H and O–H groups in total. The van der Waals surface area contributed by atoms with Crippen LogP contribution >= 0.6 is 11.6 Å². The first kappa shape index (κ1) is 19.7. The lowest BCUT2D eigenvalue weighted by Crippen LogP contribution is -2.50. The predicted octanol–water partition coefficient (Wildman–Crippen LogP) is 2.46. The average Bonchev–Trinajstić information content (AvgIpc) is 2.57. The van der Waals surface area contributed by atoms with E-state index in [2.05, 4.69) is 10.2 Å². The Hall–Kier alpha value is -1.63. The number of piperidine rings is 1. The van der Waals surface area contributed by atoms with Crippen molar-refractivity contribution in [2.24, 2.45) is 0 Å². The van der Waals surface area contributed by atoms with Crippen molar-refractivity contribution in [1.29, 1.82) is 0 Å². The number of halogens is 1. The van der Waals surface area contributed by atoms with Crippen molar-refractivity contribution < 1.29 is 14.7 Å². The van der Waals surface area contributed by atoms with E-state index in [1.807, 2.05) is 31.9 Å². The molecule has 25 heavy (non-hydrogen) atoms. The number of carbonyl (C=O) groups excluding carboxylic acids is 1. The lowest BCUT2D eigenvalue weighted by atomic mass is 10.0. The summed E-state index contributed by atoms with van der Waals surface area (Å²) in [6.07, 6.45) is 1.72. The minimum atomic E-state index is -0.811. The fraction of sp³-hybridized carbons (Fsp3) is 0.556. The van der Waals surface area contributed by atoms with E-state index >= 15 is 0 Å². The maximum Gasteiger partial charge on any atom is 0.317 e. The number of hydrogen-bond acceptors (Lipinski definition) is 4. The van der Waals surface area contributed by atoms with Crippen LogP contribution in [0.25, 0.3) is 0 Å². The Morgan fingerprint density at radius 1 is 1.40 bits per heavy atom. The summed E-state index contributed by atoms with van der Waals surface area (Å²) in [7, 11) is 1.84. The lowest BCUT2D eigenvalue weighted by Gasteiger charge is -2.38. The van der Waals surface area contributed by atoms with Crippen LogP contribution in [0.2, 0.25) is 5.02 Å². The summed E-state index contributed by atoms with van der Waals surface area (Å²) in [5, 5.41) is 12.4. The minimum absolute atomic E-state index is 0.0503. The Morgan fingerprint density at radius 2 is 2.04 bits per heavy atom. The molecule has 1 saturated heterocycles. The van der Waals surface area contributed by atoms with Crippen molar-refractivity contribution in [2.45, 2.75) is 38.8 Å². The van der Waals surface area contributed by atoms with Gasteiger partial charge in [0.05, 0.1) is 12.6 Å². The highest BCUT2D eigenvalue weighted by atomic mass is 35.5. The number of amides is 1. The smallest absolute Gasteiger partial charge is 0.317 e. The second kappa shape index (κ2) is 8.65. The Labute approximate surface area is 153 Å². The zero-order valence-corrected chi connectivity index (χ0v) is 15.7. The fourth-order valence-electron chi connectivity index (χ4n) is 3.19. The van der Waals surface area contributed by atoms with E-state index in [4.69, 9.17) is 16.7 Å². The van der Waals surface area contributed by atoms with Crippen LogP contribution in [0.4, 0.5) is 5.69 Å². The number of aliphatic carboxylic acids is 1. The molecule has 1 aliphatic heterocycles. The Balaban J connectivity index is 1.89. The number of likely N-dealkylation sites (tertiary alicyclic amines) is 1. The number of hydrogen-bond donors (Lipinski definition) is 2. The van der Waals surface area contributed by atoms with Gasteiger partial charge in [0.1, 0.15) is 0 Å². The SMILES string of the molecule is Cc1ccc(Cl)cc1NC(=O)C(C)N1CCC(N(C)CC(=O)O)CC1. The molecule has 0 saturated carbocycles. The van der Waals surface area contributed by atoms with Crippen LogP contribution in [-0.2, 0) is 9.59 Å². The van der Waals surface area contributed by atoms with Crippen molar-refractivity contribution in [2.75, 3.05) is 32.0 Å². The topological polar surface area (TPSA) is 72.9 Å². The van der Waals surface area contributed by atoms with Crippen LogP contribution in [0.3, 0.4) is 0 Å². The molecular formula is C18H26ClN3O3. The second-order valence-electron chi connectivity index (χ2n) is 6.70. The summed E-state index contributed by atoms with van der Waals surface area (Å²) < 4.78 is 0. The summed E-state index contributed by atoms with van der Waals surface area (Å²) >= 11 is 6.00. The first-order chi connectivity index (χ1) is 11.8. The number of rotatable bonds is 6. The Bertz CT molecular complexity index is 630. The largest absolute Gasteiger partial charge is 0.480 e. The Kier molecular flexibility index (Phi) is 6.81. The number of nitrogens with zero attached hydrogens (tertiary/aromatic N) is 2. The van der Waals surface area contributed by atoms with Gasteiger partial charge in [0.15, 0.2) is 0 Å². The van der Waals surface area contributed by atoms with Gasteiger partial charge in [-0.3, -0.25) is 19.4 Å². The van der Waals surface area contributed by atoms with Crippen molar-refractivity contribution in [1.82, 2.24) is 9.80 Å². The van der Waals surface area contributed by atoms with Crippen LogP contribution in [0.15, 0.2) is 18.2 Å². The highest BCUT2D eigenvalue weighted by Gasteiger charge is 2.28. The number of aryl methyl sites for hydroxylation is 1. The number of likely N-dealkylation sites (N-methyl/N-ethyl adjacent to an activating group) is 1. The molecule has 0 spiro atoms. The van der Waals surface area contributed by atoms with Gasteiger partial charge in [-0.25, -0.2) is 0 Å². The van der Waals surface area contributed by atoms with Crippen molar-refractivity contribution >= 4 is 29.2 Å². The molecule has 2 rings (SSSR count). The molecule has 1 aromatic carbocycles. The average molecular weight is 368 g/mol. The monoisotopic (exact) mass is 367 g/mol. The van der Waals surface area contributed by atoms with Gasteiger partial charge in [0.2, 0.25) is 5.91 Å². The standard InChI is InChI=1S/C18H26ClN3O3/c1-12-4-5-14(19)10-16(12)20-18(25)13(2)22-8-6-15(7-9-22)21(3)11-17(23)24/h4-5,10,13,15H,6-9,11H2,1-3H3,(H,20,25)(H,23,24). The molecule has 1 fully saturated rings. The number of benzene rings is 1. The molecule has 1 atom stereocenters. The van der Waals surface area contributed by atoms with Crippen LogP contribution < -0.4 is 5.32 Å². The molecule has 1 heterocycles. The van der Waals surface area contributed by atoms with E-state index in [-0.39, 0.29) is 24.5 Å². The highest BCUT2D eigenvalue weighted by Crippen LogP contribution is 2.22. The summed E-state index contributed by atoms with van der Waals surface area (Å²) in [5.41, 5.74) is 1.71. The summed E-state index contributed by atoms with van der Waals surface area (Å²) in [6, 6.07) is 5.44. The predicted molar refractivity (Wildman–Crippen MR) is 99.1 cm³/mol. The van der Waals surface area contributed by atoms with Crippen LogP contribution in [-0.4, -0.2) is 65.5 Å². The zero-order valence-electron chi connectivity index (χ0n) is 15.0. The molecular weight excluding hydrogens is 342 g/mol. The number of carboxylic acid groups (broad SMARTS) is 1. The van der Waals surface area contributed by atoms with Gasteiger partial charge < -0.3 is 10.4 Å². The number of carboxylic acids is 1. The normalized spacial score (nSPS) is 17.5. The van der Waals surface area contributed by atoms with Gasteiger partial charge >= 0.3 is 5.97 Å². The minimum Gasteiger partial charge on any atom is -0.480 e. The van der Waals surface area contributed by atoms with Gasteiger partial charge in [-0.05, 0) is 51.4 Å². The van der Waals surface area contributed by atoms with E-state index in [1.54, 1.807) is 12.1 Å². The lowest BCUT2D eigenvalue weighted by molar-refractivity contribution is -0.138. The van der Waals surface area contributed by atoms with Crippen molar-refractivity contribution in [3.8, 4) is 0 Å². The maximum atomic E-state index is 12.6. The van der Waals surface area contributed by atoms with Crippen LogP contribution in [0.1, 0.15) is 25.3 Å². The molecule has 0 aromatic heterocycles. The molecule has 0 aliphatic carbocycles. The van der Waals surface area contributed by atoms with E-state index < -0.39 is 5.97 Å². The van der Waals surface area contributed by atoms with Crippen molar-refractivity contribution in [3.63, 3.8) is 0 Å². The van der Waals surface area contributed by atoms with Gasteiger partial charge in [-0.15, -0.1) is 0 Å². The fourth-order valence-corrected chi connectivity index (χ4v) is 3.36. The summed E-state index contributed by atoms with van der Waals surface area (Å²) in [6.45, 7) is 5.43. The third-order valence-corrected chi connectivity index (χ3v) is 5.13. The molecule has 1 aromatic rings. The number of carbonyl (C=O) groups is 2. The van der Waals surface area contributed by atoms with E-state index in [0.717, 1.165) is 37.2 Å². The quantitative estimate of drug-likeness (QED) is 0.808. The zero-order chi connectivity index (χ0) is 18.6. The summed E-state index contributed by atoms with van der Waals surface area (Å²) in [4.78, 5) is 27.4. The highest BCUT2D eigenvalue weighted by molar-refractivity contribution is 6.31. The van der Waals surface area contributed by atoms with Crippen LogP contribution in [0.5, 0.6) is 0 Å². The molecule has 1 unspecified atom stereocenters. The first-order valence-corrected chi connectivity index (χ1v) is 8.89. The van der Waals surface area contributed by atoms with Crippen molar-refractivity contribution in [3.05, 3.63) is 28.8 Å². The molecule has 138 valence electrons. The summed E-state index contributed by atoms with van der Waals surface area (Å²) in [5.74, 6) is -0.864. The maximum absolute atomic E-state index is 12.6. The molecule has 6 nitrogen and oxygen atoms in total. The van der Waals surface area contributed by atoms with E-state index in [0.29, 0.717) is 5.02 Å². The Morgan fingerprint density at radius 3 is 2.64 bits per heavy atom. The van der Waals surface area contributed by atoms with Gasteiger partial charge in [-0.2, -0.15) is 0 Å². The third-order valence-electron chi connectivity index (χ3n) is 4.89. The number of nitrogens with one attached hydrogen (secondary N) is 1. The van der Waals surface area contributed by atoms with Gasteiger partial charge in [-0.1, -0.05) is 17.7 Å². The van der Waals surface area contributed by atoms with Gasteiger partial charge in [0, 0.05) is 29.8 Å². The molecule has 7 heteroatoms. The van der Waals surface area contributed by atoms with Crippen LogP contribution in [0, 0.1) is 6.92 Å². The molecule has 0 radical (unpaired) electrons. The third kappa shape index (κ3) is 5.42. The molecule has 0 bridgehead atoms. The van der Waals surface area contributed by atoms with E-state index in [1.165, 1.54) is 0 Å². The molecule has 1 aliphatic rings. The number of anilines is 1. The first-order valence-electron chi connectivity index (χ1n) is 8.51. The second-order valence-corrected chi connectivity index (χ2v) is 7.14. The molecule has 1 amide bonds. The van der Waals surface area contributed by atoms with E-state index in [9.17, 15) is 9.59 Å².